The molecule has 142 valence electrons. The highest BCUT2D eigenvalue weighted by Gasteiger charge is 2.13. The van der Waals surface area contributed by atoms with E-state index in [0.717, 1.165) is 22.1 Å². The topological polar surface area (TPSA) is 40.5 Å². The molecule has 0 aliphatic carbocycles. The number of benzene rings is 4. The van der Waals surface area contributed by atoms with Gasteiger partial charge in [0, 0.05) is 29.4 Å². The summed E-state index contributed by atoms with van der Waals surface area (Å²) in [7, 11) is 0. The Morgan fingerprint density at radius 1 is 0.793 bits per heavy atom. The monoisotopic (exact) mass is 382 g/mol. The quantitative estimate of drug-likeness (QED) is 0.455. The fraction of sp³-hybridized carbons (Fsp3) is 0.0769. The number of phenols is 2. The molecule has 0 heterocycles. The third-order valence-corrected chi connectivity index (χ3v) is 4.86. The number of hydrogen-bond acceptors (Lipinski definition) is 2. The lowest BCUT2D eigenvalue weighted by molar-refractivity contribution is 0.445. The molecule has 4 rings (SSSR count). The Hall–Kier alpha value is -3.77. The van der Waals surface area contributed by atoms with Crippen LogP contribution >= 0.6 is 0 Å². The molecule has 4 aromatic rings. The zero-order valence-electron chi connectivity index (χ0n) is 15.7. The van der Waals surface area contributed by atoms with Crippen molar-refractivity contribution in [1.29, 1.82) is 0 Å². The fourth-order valence-corrected chi connectivity index (χ4v) is 3.31. The van der Waals surface area contributed by atoms with E-state index < -0.39 is 0 Å². The smallest absolute Gasteiger partial charge is 0.130 e. The molecular weight excluding hydrogens is 363 g/mol. The van der Waals surface area contributed by atoms with E-state index in [-0.39, 0.29) is 17.3 Å². The van der Waals surface area contributed by atoms with Crippen LogP contribution in [-0.4, -0.2) is 10.2 Å². The normalized spacial score (nSPS) is 10.5. The van der Waals surface area contributed by atoms with Crippen LogP contribution in [0.1, 0.15) is 22.3 Å². The largest absolute Gasteiger partial charge is 0.507 e. The maximum atomic E-state index is 13.0. The standard InChI is InChI=1S/C26H19FO2/c27-22-13-10-18(11-14-22)7-4-8-20-9-12-21-17-25(28)24(26(29)23(21)15-20)16-19-5-2-1-3-6-19/h1-3,5-6,9-15,17,28-29H,7,16H2. The molecule has 0 aliphatic heterocycles. The highest BCUT2D eigenvalue weighted by molar-refractivity contribution is 5.92. The van der Waals surface area contributed by atoms with Gasteiger partial charge in [-0.25, -0.2) is 4.39 Å². The molecule has 0 aliphatic rings. The summed E-state index contributed by atoms with van der Waals surface area (Å²) in [6.07, 6.45) is 0.952. The highest BCUT2D eigenvalue weighted by atomic mass is 19.1. The van der Waals surface area contributed by atoms with Crippen molar-refractivity contribution in [3.8, 4) is 23.3 Å². The lowest BCUT2D eigenvalue weighted by Gasteiger charge is -2.11. The van der Waals surface area contributed by atoms with Gasteiger partial charge in [0.25, 0.3) is 0 Å². The van der Waals surface area contributed by atoms with E-state index in [9.17, 15) is 14.6 Å². The molecule has 0 spiro atoms. The van der Waals surface area contributed by atoms with Crippen molar-refractivity contribution in [2.75, 3.05) is 0 Å². The minimum absolute atomic E-state index is 0.0750. The van der Waals surface area contributed by atoms with Gasteiger partial charge in [0.1, 0.15) is 17.3 Å². The zero-order chi connectivity index (χ0) is 20.2. The summed E-state index contributed by atoms with van der Waals surface area (Å²) in [6, 6.07) is 23.2. The van der Waals surface area contributed by atoms with Crippen molar-refractivity contribution >= 4 is 10.8 Å². The van der Waals surface area contributed by atoms with Crippen molar-refractivity contribution in [2.45, 2.75) is 12.8 Å². The first-order valence-corrected chi connectivity index (χ1v) is 9.35. The van der Waals surface area contributed by atoms with Crippen molar-refractivity contribution in [2.24, 2.45) is 0 Å². The van der Waals surface area contributed by atoms with Crippen LogP contribution in [0.25, 0.3) is 10.8 Å². The van der Waals surface area contributed by atoms with Crippen LogP contribution in [0.5, 0.6) is 11.5 Å². The predicted molar refractivity (Wildman–Crippen MR) is 114 cm³/mol. The molecule has 2 nitrogen and oxygen atoms in total. The fourth-order valence-electron chi connectivity index (χ4n) is 3.31. The lowest BCUT2D eigenvalue weighted by atomic mass is 9.97. The maximum Gasteiger partial charge on any atom is 0.130 e. The molecule has 4 aromatic carbocycles. The highest BCUT2D eigenvalue weighted by Crippen LogP contribution is 2.37. The van der Waals surface area contributed by atoms with Gasteiger partial charge in [-0.05, 0) is 46.8 Å². The molecule has 0 amide bonds. The second kappa shape index (κ2) is 8.08. The molecule has 0 fully saturated rings. The molecule has 0 bridgehead atoms. The van der Waals surface area contributed by atoms with Gasteiger partial charge in [0.15, 0.2) is 0 Å². The van der Waals surface area contributed by atoms with E-state index >= 15 is 0 Å². The van der Waals surface area contributed by atoms with Crippen LogP contribution < -0.4 is 0 Å². The summed E-state index contributed by atoms with van der Waals surface area (Å²) in [4.78, 5) is 0. The maximum absolute atomic E-state index is 13.0. The van der Waals surface area contributed by atoms with Crippen molar-refractivity contribution in [1.82, 2.24) is 0 Å². The SMILES string of the molecule is Oc1cc2ccc(C#CCc3ccc(F)cc3)cc2c(O)c1Cc1ccccc1. The minimum Gasteiger partial charge on any atom is -0.507 e. The van der Waals surface area contributed by atoms with Crippen LogP contribution in [0, 0.1) is 17.7 Å². The van der Waals surface area contributed by atoms with Gasteiger partial charge >= 0.3 is 0 Å². The van der Waals surface area contributed by atoms with Crippen LogP contribution in [0.15, 0.2) is 78.9 Å². The zero-order valence-corrected chi connectivity index (χ0v) is 15.7. The number of phenolic OH excluding ortho intramolecular Hbond substituents is 2. The third kappa shape index (κ3) is 4.23. The molecule has 2 N–H and O–H groups in total. The molecular formula is C26H19FO2. The predicted octanol–water partition coefficient (Wildman–Crippen LogP) is 5.58. The Balaban J connectivity index is 1.64. The van der Waals surface area contributed by atoms with Crippen molar-refractivity contribution < 1.29 is 14.6 Å². The molecule has 0 radical (unpaired) electrons. The Bertz CT molecular complexity index is 1220. The lowest BCUT2D eigenvalue weighted by Crippen LogP contribution is -1.91. The average Bonchev–Trinajstić information content (AvgIpc) is 2.74. The van der Waals surface area contributed by atoms with E-state index in [2.05, 4.69) is 11.8 Å². The number of rotatable bonds is 3. The van der Waals surface area contributed by atoms with E-state index in [1.165, 1.54) is 12.1 Å². The second-order valence-electron chi connectivity index (χ2n) is 6.93. The first-order chi connectivity index (χ1) is 14.1. The molecule has 0 atom stereocenters. The molecule has 0 saturated heterocycles. The number of halogens is 1. The summed E-state index contributed by atoms with van der Waals surface area (Å²) in [5, 5.41) is 22.6. The molecule has 29 heavy (non-hydrogen) atoms. The van der Waals surface area contributed by atoms with Gasteiger partial charge < -0.3 is 10.2 Å². The van der Waals surface area contributed by atoms with E-state index in [4.69, 9.17) is 0 Å². The Morgan fingerprint density at radius 2 is 1.55 bits per heavy atom. The summed E-state index contributed by atoms with van der Waals surface area (Å²) < 4.78 is 13.0. The summed E-state index contributed by atoms with van der Waals surface area (Å²) in [6.45, 7) is 0. The summed E-state index contributed by atoms with van der Waals surface area (Å²) >= 11 is 0. The van der Waals surface area contributed by atoms with Crippen LogP contribution in [0.3, 0.4) is 0 Å². The van der Waals surface area contributed by atoms with Gasteiger partial charge in [0.2, 0.25) is 0 Å². The van der Waals surface area contributed by atoms with Crippen LogP contribution in [0.2, 0.25) is 0 Å². The van der Waals surface area contributed by atoms with Crippen molar-refractivity contribution in [3.05, 3.63) is 107 Å². The first-order valence-electron chi connectivity index (χ1n) is 9.35. The molecule has 0 unspecified atom stereocenters. The number of hydrogen-bond donors (Lipinski definition) is 2. The van der Waals surface area contributed by atoms with Gasteiger partial charge in [0.05, 0.1) is 0 Å². The Labute approximate surface area is 168 Å². The van der Waals surface area contributed by atoms with Crippen LogP contribution in [-0.2, 0) is 12.8 Å². The van der Waals surface area contributed by atoms with Gasteiger partial charge in [-0.15, -0.1) is 0 Å². The van der Waals surface area contributed by atoms with E-state index in [1.807, 2.05) is 48.5 Å². The Kier molecular flexibility index (Phi) is 5.18. The number of aromatic hydroxyl groups is 2. The minimum atomic E-state index is -0.263. The first kappa shape index (κ1) is 18.6. The van der Waals surface area contributed by atoms with Gasteiger partial charge in [-0.1, -0.05) is 60.4 Å². The summed E-state index contributed by atoms with van der Waals surface area (Å²) in [5.74, 6) is 6.07. The third-order valence-electron chi connectivity index (χ3n) is 4.86. The van der Waals surface area contributed by atoms with E-state index in [1.54, 1.807) is 18.2 Å². The number of fused-ring (bicyclic) bond motifs is 1. The summed E-state index contributed by atoms with van der Waals surface area (Å²) in [5.41, 5.74) is 3.22. The van der Waals surface area contributed by atoms with Gasteiger partial charge in [-0.3, -0.25) is 0 Å². The molecule has 0 saturated carbocycles. The van der Waals surface area contributed by atoms with Crippen molar-refractivity contribution in [3.63, 3.8) is 0 Å². The second-order valence-corrected chi connectivity index (χ2v) is 6.93. The van der Waals surface area contributed by atoms with Gasteiger partial charge in [-0.2, -0.15) is 0 Å². The molecule has 0 aromatic heterocycles. The average molecular weight is 382 g/mol. The van der Waals surface area contributed by atoms with Crippen LogP contribution in [0.4, 0.5) is 4.39 Å². The molecule has 3 heteroatoms. The van der Waals surface area contributed by atoms with E-state index in [0.29, 0.717) is 23.8 Å². The Morgan fingerprint density at radius 3 is 2.31 bits per heavy atom.